The van der Waals surface area contributed by atoms with E-state index >= 15 is 0 Å². The summed E-state index contributed by atoms with van der Waals surface area (Å²) < 4.78 is 28.8. The second-order valence-electron chi connectivity index (χ2n) is 5.96. The molecule has 2 aromatic carbocycles. The number of rotatable bonds is 4. The monoisotopic (exact) mass is 357 g/mol. The van der Waals surface area contributed by atoms with Crippen LogP contribution in [-0.4, -0.2) is 33.2 Å². The van der Waals surface area contributed by atoms with Gasteiger partial charge in [0.1, 0.15) is 5.75 Å². The predicted octanol–water partition coefficient (Wildman–Crippen LogP) is 2.96. The van der Waals surface area contributed by atoms with Crippen molar-refractivity contribution in [2.45, 2.75) is 13.0 Å². The van der Waals surface area contributed by atoms with Gasteiger partial charge in [-0.2, -0.15) is 0 Å². The molecule has 25 heavy (non-hydrogen) atoms. The second-order valence-corrected chi connectivity index (χ2v) is 7.90. The lowest BCUT2D eigenvalue weighted by Crippen LogP contribution is -2.41. The lowest BCUT2D eigenvalue weighted by Gasteiger charge is -2.28. The molecule has 0 N–H and O–H groups in total. The molecule has 0 aromatic heterocycles. The molecular weight excluding hydrogens is 338 g/mol. The topological polar surface area (TPSA) is 63.7 Å². The van der Waals surface area contributed by atoms with Crippen LogP contribution in [0.2, 0.25) is 0 Å². The van der Waals surface area contributed by atoms with Crippen molar-refractivity contribution < 1.29 is 17.9 Å². The summed E-state index contributed by atoms with van der Waals surface area (Å²) in [5.41, 5.74) is 2.20. The zero-order valence-corrected chi connectivity index (χ0v) is 14.9. The summed E-state index contributed by atoms with van der Waals surface area (Å²) in [6.45, 7) is 1.96. The van der Waals surface area contributed by atoms with Crippen molar-refractivity contribution in [2.75, 3.05) is 17.8 Å². The minimum atomic E-state index is -3.28. The Kier molecular flexibility index (Phi) is 4.63. The van der Waals surface area contributed by atoms with E-state index in [9.17, 15) is 13.2 Å². The number of benzene rings is 2. The van der Waals surface area contributed by atoms with E-state index in [1.54, 1.807) is 37.5 Å². The summed E-state index contributed by atoms with van der Waals surface area (Å²) in [6.07, 6.45) is 1.57. The van der Waals surface area contributed by atoms with Crippen molar-refractivity contribution in [3.05, 3.63) is 71.1 Å². The highest BCUT2D eigenvalue weighted by Gasteiger charge is 2.32. The molecule has 1 atom stereocenters. The van der Waals surface area contributed by atoms with Crippen LogP contribution < -0.4 is 9.64 Å². The minimum Gasteiger partial charge on any atom is -0.497 e. The van der Waals surface area contributed by atoms with E-state index in [0.717, 1.165) is 5.56 Å². The summed E-state index contributed by atoms with van der Waals surface area (Å²) in [5.74, 6) is 0.294. The van der Waals surface area contributed by atoms with Crippen molar-refractivity contribution in [1.29, 1.82) is 0 Å². The highest BCUT2D eigenvalue weighted by Crippen LogP contribution is 2.26. The minimum absolute atomic E-state index is 0.108. The van der Waals surface area contributed by atoms with E-state index in [4.69, 9.17) is 4.74 Å². The maximum Gasteiger partial charge on any atom is 0.258 e. The largest absolute Gasteiger partial charge is 0.497 e. The molecule has 0 bridgehead atoms. The molecule has 0 spiro atoms. The van der Waals surface area contributed by atoms with E-state index in [0.29, 0.717) is 17.0 Å². The zero-order valence-electron chi connectivity index (χ0n) is 14.0. The van der Waals surface area contributed by atoms with Crippen molar-refractivity contribution in [3.8, 4) is 5.75 Å². The van der Waals surface area contributed by atoms with Crippen LogP contribution in [0, 0.1) is 6.92 Å². The number of anilines is 1. The van der Waals surface area contributed by atoms with Gasteiger partial charge in [0.2, 0.25) is 0 Å². The van der Waals surface area contributed by atoms with Gasteiger partial charge in [-0.15, -0.1) is 0 Å². The fourth-order valence-electron chi connectivity index (χ4n) is 2.76. The van der Waals surface area contributed by atoms with Crippen molar-refractivity contribution in [2.24, 2.45) is 0 Å². The molecule has 1 heterocycles. The zero-order chi connectivity index (χ0) is 18.0. The third-order valence-corrected chi connectivity index (χ3v) is 5.49. The summed E-state index contributed by atoms with van der Waals surface area (Å²) in [5, 5.41) is 1.18. The molecule has 1 aliphatic heterocycles. The van der Waals surface area contributed by atoms with E-state index in [2.05, 4.69) is 0 Å². The normalized spacial score (nSPS) is 18.1. The van der Waals surface area contributed by atoms with Crippen LogP contribution in [0.25, 0.3) is 0 Å². The van der Waals surface area contributed by atoms with E-state index in [1.807, 2.05) is 31.2 Å². The standard InChI is InChI=1S/C19H19NO4S/c1-14-3-7-16(8-4-14)20(17-11-12-25(22,23)13-17)19(21)15-5-9-18(24-2)10-6-15/h3-12,17H,13H2,1-2H3/t17-/m1/s1. The smallest absolute Gasteiger partial charge is 0.258 e. The lowest BCUT2D eigenvalue weighted by atomic mass is 10.1. The lowest BCUT2D eigenvalue weighted by molar-refractivity contribution is 0.0983. The number of hydrogen-bond donors (Lipinski definition) is 0. The van der Waals surface area contributed by atoms with Crippen molar-refractivity contribution in [1.82, 2.24) is 0 Å². The number of amides is 1. The van der Waals surface area contributed by atoms with Crippen LogP contribution in [0.15, 0.2) is 60.0 Å². The first-order valence-corrected chi connectivity index (χ1v) is 9.56. The molecule has 6 heteroatoms. The summed E-state index contributed by atoms with van der Waals surface area (Å²) in [6, 6.07) is 13.7. The molecule has 5 nitrogen and oxygen atoms in total. The molecule has 0 fully saturated rings. The third kappa shape index (κ3) is 3.74. The quantitative estimate of drug-likeness (QED) is 0.844. The Balaban J connectivity index is 1.99. The van der Waals surface area contributed by atoms with Crippen LogP contribution in [0.4, 0.5) is 5.69 Å². The molecule has 130 valence electrons. The first-order valence-electron chi connectivity index (χ1n) is 7.85. The SMILES string of the molecule is COc1ccc(C(=O)N(c2ccc(C)cc2)[C@@H]2C=CS(=O)(=O)C2)cc1. The van der Waals surface area contributed by atoms with E-state index in [-0.39, 0.29) is 11.7 Å². The Labute approximate surface area is 147 Å². The molecule has 0 saturated carbocycles. The summed E-state index contributed by atoms with van der Waals surface area (Å²) in [7, 11) is -1.72. The first-order chi connectivity index (χ1) is 11.9. The van der Waals surface area contributed by atoms with E-state index < -0.39 is 15.9 Å². The van der Waals surface area contributed by atoms with Gasteiger partial charge in [0.25, 0.3) is 5.91 Å². The Morgan fingerprint density at radius 1 is 1.08 bits per heavy atom. The van der Waals surface area contributed by atoms with Gasteiger partial charge in [-0.05, 0) is 49.4 Å². The Bertz CT molecular complexity index is 899. The van der Waals surface area contributed by atoms with Crippen molar-refractivity contribution in [3.63, 3.8) is 0 Å². The fourth-order valence-corrected chi connectivity index (χ4v) is 4.03. The number of nitrogens with zero attached hydrogens (tertiary/aromatic N) is 1. The average Bonchev–Trinajstić information content (AvgIpc) is 2.96. The Morgan fingerprint density at radius 3 is 2.24 bits per heavy atom. The van der Waals surface area contributed by atoms with Gasteiger partial charge in [0.15, 0.2) is 9.84 Å². The van der Waals surface area contributed by atoms with Crippen LogP contribution in [0.5, 0.6) is 5.75 Å². The number of sulfone groups is 1. The number of hydrogen-bond acceptors (Lipinski definition) is 4. The maximum atomic E-state index is 13.1. The number of carbonyl (C=O) groups excluding carboxylic acids is 1. The molecule has 3 rings (SSSR count). The van der Waals surface area contributed by atoms with Gasteiger partial charge < -0.3 is 9.64 Å². The molecule has 2 aromatic rings. The maximum absolute atomic E-state index is 13.1. The molecule has 0 radical (unpaired) electrons. The predicted molar refractivity (Wildman–Crippen MR) is 97.7 cm³/mol. The van der Waals surface area contributed by atoms with Crippen LogP contribution >= 0.6 is 0 Å². The van der Waals surface area contributed by atoms with Crippen LogP contribution in [-0.2, 0) is 9.84 Å². The molecule has 0 aliphatic carbocycles. The van der Waals surface area contributed by atoms with Crippen molar-refractivity contribution >= 4 is 21.4 Å². The van der Waals surface area contributed by atoms with Crippen LogP contribution in [0.1, 0.15) is 15.9 Å². The van der Waals surface area contributed by atoms with Crippen LogP contribution in [0.3, 0.4) is 0 Å². The molecule has 1 amide bonds. The number of methoxy groups -OCH3 is 1. The third-order valence-electron chi connectivity index (χ3n) is 4.11. The van der Waals surface area contributed by atoms with Gasteiger partial charge in [-0.25, -0.2) is 8.42 Å². The van der Waals surface area contributed by atoms with Gasteiger partial charge >= 0.3 is 0 Å². The Hall–Kier alpha value is -2.60. The van der Waals surface area contributed by atoms with Gasteiger partial charge in [0.05, 0.1) is 18.9 Å². The van der Waals surface area contributed by atoms with Gasteiger partial charge in [0, 0.05) is 16.7 Å². The van der Waals surface area contributed by atoms with Gasteiger partial charge in [-0.1, -0.05) is 17.7 Å². The highest BCUT2D eigenvalue weighted by molar-refractivity contribution is 7.94. The number of carbonyl (C=O) groups is 1. The van der Waals surface area contributed by atoms with Gasteiger partial charge in [-0.3, -0.25) is 4.79 Å². The molecule has 0 unspecified atom stereocenters. The molecule has 0 saturated heterocycles. The summed E-state index contributed by atoms with van der Waals surface area (Å²) >= 11 is 0. The highest BCUT2D eigenvalue weighted by atomic mass is 32.2. The number of ether oxygens (including phenoxy) is 1. The molecule has 1 aliphatic rings. The number of aryl methyl sites for hydroxylation is 1. The Morgan fingerprint density at radius 2 is 1.72 bits per heavy atom. The van der Waals surface area contributed by atoms with E-state index in [1.165, 1.54) is 10.3 Å². The first kappa shape index (κ1) is 17.2. The average molecular weight is 357 g/mol. The summed E-state index contributed by atoms with van der Waals surface area (Å²) in [4.78, 5) is 14.6. The molecular formula is C19H19NO4S. The fraction of sp³-hybridized carbons (Fsp3) is 0.211. The second kappa shape index (κ2) is 6.72.